The van der Waals surface area contributed by atoms with E-state index in [1.54, 1.807) is 11.8 Å². The largest absolute Gasteiger partial charge is 0.305 e. The third-order valence-corrected chi connectivity index (χ3v) is 5.55. The second-order valence-electron chi connectivity index (χ2n) is 5.62. The van der Waals surface area contributed by atoms with Crippen molar-refractivity contribution in [1.29, 1.82) is 0 Å². The lowest BCUT2D eigenvalue weighted by Crippen LogP contribution is -2.31. The molecule has 0 amide bonds. The topological polar surface area (TPSA) is 34.0 Å². The molecule has 6 heteroatoms. The molecule has 2 heterocycles. The summed E-state index contributed by atoms with van der Waals surface area (Å²) in [7, 11) is 2.04. The van der Waals surface area contributed by atoms with Gasteiger partial charge in [-0.2, -0.15) is 0 Å². The normalized spacial score (nSPS) is 16.1. The Morgan fingerprint density at radius 1 is 1.09 bits per heavy atom. The number of halogens is 1. The summed E-state index contributed by atoms with van der Waals surface area (Å²) in [6, 6.07) is 8.20. The highest BCUT2D eigenvalue weighted by Gasteiger charge is 2.13. The fraction of sp³-hybridized carbons (Fsp3) is 0.500. The monoisotopic (exact) mass is 380 g/mol. The number of aromatic nitrogens is 3. The lowest BCUT2D eigenvalue weighted by molar-refractivity contribution is 0.242. The van der Waals surface area contributed by atoms with E-state index in [0.29, 0.717) is 0 Å². The third-order valence-electron chi connectivity index (χ3n) is 4.02. The van der Waals surface area contributed by atoms with Crippen LogP contribution in [0, 0.1) is 0 Å². The standard InChI is InChI=1S/C16H21BrN4S/c1-20-15(13-5-7-14(17)8-6-13)18-19-16(20)22-12-11-21-9-3-2-4-10-21/h5-8H,2-4,9-12H2,1H3. The molecule has 0 spiro atoms. The predicted molar refractivity (Wildman–Crippen MR) is 95.2 cm³/mol. The van der Waals surface area contributed by atoms with Crippen LogP contribution in [0.3, 0.4) is 0 Å². The molecular weight excluding hydrogens is 360 g/mol. The summed E-state index contributed by atoms with van der Waals surface area (Å²) in [6.45, 7) is 3.65. The minimum absolute atomic E-state index is 0.924. The second kappa shape index (κ2) is 7.62. The van der Waals surface area contributed by atoms with Crippen molar-refractivity contribution in [2.24, 2.45) is 7.05 Å². The molecule has 0 saturated carbocycles. The van der Waals surface area contributed by atoms with Crippen molar-refractivity contribution in [1.82, 2.24) is 19.7 Å². The summed E-state index contributed by atoms with van der Waals surface area (Å²) in [5, 5.41) is 9.68. The molecule has 0 unspecified atom stereocenters. The molecule has 1 fully saturated rings. The maximum absolute atomic E-state index is 4.34. The highest BCUT2D eigenvalue weighted by molar-refractivity contribution is 9.10. The molecule has 3 rings (SSSR count). The summed E-state index contributed by atoms with van der Waals surface area (Å²) < 4.78 is 3.17. The highest BCUT2D eigenvalue weighted by atomic mass is 79.9. The van der Waals surface area contributed by atoms with Crippen LogP contribution in [0.15, 0.2) is 33.9 Å². The van der Waals surface area contributed by atoms with E-state index in [2.05, 4.69) is 47.7 Å². The zero-order valence-electron chi connectivity index (χ0n) is 12.8. The summed E-state index contributed by atoms with van der Waals surface area (Å²) in [4.78, 5) is 2.56. The van der Waals surface area contributed by atoms with E-state index in [4.69, 9.17) is 0 Å². The Labute approximate surface area is 144 Å². The molecule has 0 atom stereocenters. The van der Waals surface area contributed by atoms with Gasteiger partial charge in [0.15, 0.2) is 11.0 Å². The molecule has 1 aliphatic rings. The Balaban J connectivity index is 1.59. The van der Waals surface area contributed by atoms with Gasteiger partial charge in [0.25, 0.3) is 0 Å². The average molecular weight is 381 g/mol. The quantitative estimate of drug-likeness (QED) is 0.738. The SMILES string of the molecule is Cn1c(SCCN2CCCCC2)nnc1-c1ccc(Br)cc1. The lowest BCUT2D eigenvalue weighted by atomic mass is 10.1. The van der Waals surface area contributed by atoms with Crippen molar-refractivity contribution >= 4 is 27.7 Å². The van der Waals surface area contributed by atoms with Crippen molar-refractivity contribution in [2.75, 3.05) is 25.4 Å². The Bertz CT molecular complexity index is 605. The van der Waals surface area contributed by atoms with E-state index in [1.165, 1.54) is 32.4 Å². The van der Waals surface area contributed by atoms with Gasteiger partial charge in [-0.15, -0.1) is 10.2 Å². The number of piperidine rings is 1. The minimum atomic E-state index is 0.924. The van der Waals surface area contributed by atoms with Crippen molar-refractivity contribution in [2.45, 2.75) is 24.4 Å². The Morgan fingerprint density at radius 2 is 1.82 bits per heavy atom. The van der Waals surface area contributed by atoms with Gasteiger partial charge >= 0.3 is 0 Å². The van der Waals surface area contributed by atoms with Crippen LogP contribution < -0.4 is 0 Å². The van der Waals surface area contributed by atoms with E-state index in [0.717, 1.165) is 33.3 Å². The van der Waals surface area contributed by atoms with Crippen LogP contribution in [-0.2, 0) is 7.05 Å². The molecule has 0 bridgehead atoms. The molecular formula is C16H21BrN4S. The maximum atomic E-state index is 4.34. The molecule has 0 N–H and O–H groups in total. The molecule has 118 valence electrons. The lowest BCUT2D eigenvalue weighted by Gasteiger charge is -2.25. The van der Waals surface area contributed by atoms with Gasteiger partial charge < -0.3 is 9.47 Å². The van der Waals surface area contributed by atoms with Crippen LogP contribution in [-0.4, -0.2) is 45.1 Å². The second-order valence-corrected chi connectivity index (χ2v) is 7.60. The molecule has 1 aliphatic heterocycles. The number of rotatable bonds is 5. The van der Waals surface area contributed by atoms with Gasteiger partial charge in [-0.1, -0.05) is 46.2 Å². The van der Waals surface area contributed by atoms with Gasteiger partial charge in [-0.25, -0.2) is 0 Å². The molecule has 2 aromatic rings. The number of nitrogens with zero attached hydrogens (tertiary/aromatic N) is 4. The summed E-state index contributed by atoms with van der Waals surface area (Å²) in [6.07, 6.45) is 4.09. The van der Waals surface area contributed by atoms with E-state index >= 15 is 0 Å². The molecule has 0 radical (unpaired) electrons. The van der Waals surface area contributed by atoms with Crippen LogP contribution >= 0.6 is 27.7 Å². The van der Waals surface area contributed by atoms with Gasteiger partial charge in [-0.05, 0) is 38.1 Å². The Hall–Kier alpha value is -0.850. The van der Waals surface area contributed by atoms with E-state index < -0.39 is 0 Å². The number of hydrogen-bond acceptors (Lipinski definition) is 4. The van der Waals surface area contributed by atoms with E-state index in [1.807, 2.05) is 19.2 Å². The first-order valence-corrected chi connectivity index (χ1v) is 9.52. The Kier molecular flexibility index (Phi) is 5.55. The van der Waals surface area contributed by atoms with Crippen molar-refractivity contribution < 1.29 is 0 Å². The predicted octanol–water partition coefficient (Wildman–Crippen LogP) is 3.82. The van der Waals surface area contributed by atoms with E-state index in [9.17, 15) is 0 Å². The number of benzene rings is 1. The van der Waals surface area contributed by atoms with Crippen LogP contribution in [0.25, 0.3) is 11.4 Å². The smallest absolute Gasteiger partial charge is 0.191 e. The zero-order valence-corrected chi connectivity index (χ0v) is 15.2. The third kappa shape index (κ3) is 3.91. The molecule has 1 aromatic carbocycles. The van der Waals surface area contributed by atoms with Crippen LogP contribution in [0.2, 0.25) is 0 Å². The van der Waals surface area contributed by atoms with Gasteiger partial charge in [0, 0.05) is 29.4 Å². The number of thioether (sulfide) groups is 1. The van der Waals surface area contributed by atoms with Gasteiger partial charge in [0.1, 0.15) is 0 Å². The Morgan fingerprint density at radius 3 is 2.55 bits per heavy atom. The fourth-order valence-electron chi connectivity index (χ4n) is 2.74. The van der Waals surface area contributed by atoms with Crippen molar-refractivity contribution in [3.05, 3.63) is 28.7 Å². The molecule has 0 aliphatic carbocycles. The first-order valence-electron chi connectivity index (χ1n) is 7.74. The number of hydrogen-bond donors (Lipinski definition) is 0. The molecule has 1 saturated heterocycles. The molecule has 1 aromatic heterocycles. The summed E-state index contributed by atoms with van der Waals surface area (Å²) in [5.41, 5.74) is 1.10. The van der Waals surface area contributed by atoms with Crippen LogP contribution in [0.4, 0.5) is 0 Å². The van der Waals surface area contributed by atoms with Gasteiger partial charge in [0.05, 0.1) is 0 Å². The van der Waals surface area contributed by atoms with Crippen LogP contribution in [0.5, 0.6) is 0 Å². The summed E-state index contributed by atoms with van der Waals surface area (Å²) >= 11 is 5.26. The molecule has 22 heavy (non-hydrogen) atoms. The van der Waals surface area contributed by atoms with E-state index in [-0.39, 0.29) is 0 Å². The fourth-order valence-corrected chi connectivity index (χ4v) is 3.92. The van der Waals surface area contributed by atoms with Crippen molar-refractivity contribution in [3.8, 4) is 11.4 Å². The minimum Gasteiger partial charge on any atom is -0.305 e. The maximum Gasteiger partial charge on any atom is 0.191 e. The number of likely N-dealkylation sites (tertiary alicyclic amines) is 1. The highest BCUT2D eigenvalue weighted by Crippen LogP contribution is 2.24. The van der Waals surface area contributed by atoms with Crippen molar-refractivity contribution in [3.63, 3.8) is 0 Å². The van der Waals surface area contributed by atoms with Crippen LogP contribution in [0.1, 0.15) is 19.3 Å². The first kappa shape index (κ1) is 16.0. The average Bonchev–Trinajstić information content (AvgIpc) is 2.90. The van der Waals surface area contributed by atoms with Gasteiger partial charge in [-0.3, -0.25) is 0 Å². The first-order chi connectivity index (χ1) is 10.7. The zero-order chi connectivity index (χ0) is 15.4. The van der Waals surface area contributed by atoms with Gasteiger partial charge in [0.2, 0.25) is 0 Å². The summed E-state index contributed by atoms with van der Waals surface area (Å²) in [5.74, 6) is 2.00. The molecule has 4 nitrogen and oxygen atoms in total.